The van der Waals surface area contributed by atoms with E-state index in [0.29, 0.717) is 12.2 Å². The van der Waals surface area contributed by atoms with Gasteiger partial charge >= 0.3 is 6.03 Å². The number of thioether (sulfide) groups is 1. The monoisotopic (exact) mass is 343 g/mol. The molecule has 0 spiro atoms. The van der Waals surface area contributed by atoms with Gasteiger partial charge in [0.15, 0.2) is 0 Å². The smallest absolute Gasteiger partial charge is 0.316 e. The Morgan fingerprint density at radius 1 is 1.12 bits per heavy atom. The molecule has 0 saturated heterocycles. The number of urea groups is 1. The second kappa shape index (κ2) is 8.98. The number of benzene rings is 2. The highest BCUT2D eigenvalue weighted by Crippen LogP contribution is 2.25. The molecule has 126 valence electrons. The van der Waals surface area contributed by atoms with Crippen LogP contribution in [-0.2, 0) is 11.3 Å². The first-order valence-electron chi connectivity index (χ1n) is 7.73. The Hall–Kier alpha value is -2.47. The minimum atomic E-state index is -0.610. The number of carbonyl (C=O) groups excluding carboxylic acids is 2. The average Bonchev–Trinajstić information content (AvgIpc) is 2.58. The maximum atomic E-state index is 12.4. The van der Waals surface area contributed by atoms with Gasteiger partial charge in [0.25, 0.3) is 0 Å². The molecule has 2 aromatic rings. The Balaban J connectivity index is 1.92. The molecule has 0 aliphatic rings. The summed E-state index contributed by atoms with van der Waals surface area (Å²) in [6, 6.07) is 16.5. The van der Waals surface area contributed by atoms with Crippen molar-refractivity contribution in [3.05, 3.63) is 60.2 Å². The highest BCUT2D eigenvalue weighted by atomic mass is 32.2. The summed E-state index contributed by atoms with van der Waals surface area (Å²) in [4.78, 5) is 24.4. The maximum absolute atomic E-state index is 12.4. The van der Waals surface area contributed by atoms with Crippen molar-refractivity contribution in [3.63, 3.8) is 0 Å². The topological polar surface area (TPSA) is 84.2 Å². The minimum absolute atomic E-state index is 0.000355. The van der Waals surface area contributed by atoms with Crippen LogP contribution < -0.4 is 16.4 Å². The van der Waals surface area contributed by atoms with Crippen molar-refractivity contribution in [2.75, 3.05) is 5.32 Å². The fourth-order valence-electron chi connectivity index (χ4n) is 2.19. The number of hydrogen-bond donors (Lipinski definition) is 3. The molecule has 0 aromatic heterocycles. The van der Waals surface area contributed by atoms with Crippen LogP contribution >= 0.6 is 11.8 Å². The molecule has 0 aliphatic heterocycles. The Kier molecular flexibility index (Phi) is 6.69. The van der Waals surface area contributed by atoms with Gasteiger partial charge in [-0.1, -0.05) is 37.3 Å². The van der Waals surface area contributed by atoms with E-state index in [1.807, 2.05) is 49.4 Å². The van der Waals surface area contributed by atoms with Crippen molar-refractivity contribution >= 4 is 29.4 Å². The van der Waals surface area contributed by atoms with Gasteiger partial charge in [-0.3, -0.25) is 4.79 Å². The summed E-state index contributed by atoms with van der Waals surface area (Å²) in [5.74, 6) is -0.000355. The lowest BCUT2D eigenvalue weighted by Gasteiger charge is -2.15. The summed E-state index contributed by atoms with van der Waals surface area (Å²) < 4.78 is 0. The zero-order chi connectivity index (χ0) is 17.4. The van der Waals surface area contributed by atoms with Gasteiger partial charge in [-0.25, -0.2) is 4.79 Å². The maximum Gasteiger partial charge on any atom is 0.316 e. The SMILES string of the molecule is CC[C@H](Sc1ccccc1)C(=O)NCc1cccc(NC(N)=O)c1. The summed E-state index contributed by atoms with van der Waals surface area (Å²) >= 11 is 1.56. The molecule has 5 nitrogen and oxygen atoms in total. The van der Waals surface area contributed by atoms with Crippen LogP contribution in [0.25, 0.3) is 0 Å². The van der Waals surface area contributed by atoms with Crippen molar-refractivity contribution < 1.29 is 9.59 Å². The van der Waals surface area contributed by atoms with Crippen LogP contribution in [-0.4, -0.2) is 17.2 Å². The molecular weight excluding hydrogens is 322 g/mol. The molecule has 0 heterocycles. The number of nitrogens with two attached hydrogens (primary N) is 1. The molecule has 0 aliphatic carbocycles. The lowest BCUT2D eigenvalue weighted by molar-refractivity contribution is -0.120. The average molecular weight is 343 g/mol. The van der Waals surface area contributed by atoms with E-state index in [1.54, 1.807) is 23.9 Å². The molecule has 0 radical (unpaired) electrons. The summed E-state index contributed by atoms with van der Waals surface area (Å²) in [5.41, 5.74) is 6.61. The van der Waals surface area contributed by atoms with Gasteiger partial charge in [-0.05, 0) is 36.2 Å². The number of anilines is 1. The van der Waals surface area contributed by atoms with Crippen LogP contribution in [0, 0.1) is 0 Å². The van der Waals surface area contributed by atoms with Crippen LogP contribution in [0.5, 0.6) is 0 Å². The van der Waals surface area contributed by atoms with Crippen molar-refractivity contribution in [3.8, 4) is 0 Å². The zero-order valence-electron chi connectivity index (χ0n) is 13.5. The number of amides is 3. The Morgan fingerprint density at radius 2 is 1.88 bits per heavy atom. The van der Waals surface area contributed by atoms with Crippen molar-refractivity contribution in [1.29, 1.82) is 0 Å². The van der Waals surface area contributed by atoms with E-state index in [4.69, 9.17) is 5.73 Å². The molecule has 0 saturated carbocycles. The summed E-state index contributed by atoms with van der Waals surface area (Å²) in [6.45, 7) is 2.40. The van der Waals surface area contributed by atoms with Crippen LogP contribution in [0.3, 0.4) is 0 Å². The second-order valence-corrected chi connectivity index (χ2v) is 6.51. The molecule has 4 N–H and O–H groups in total. The Labute approximate surface area is 146 Å². The van der Waals surface area contributed by atoms with Gasteiger partial charge in [0, 0.05) is 17.1 Å². The van der Waals surface area contributed by atoms with Gasteiger partial charge in [-0.2, -0.15) is 0 Å². The van der Waals surface area contributed by atoms with Gasteiger partial charge in [0.2, 0.25) is 5.91 Å². The first kappa shape index (κ1) is 17.9. The van der Waals surface area contributed by atoms with Crippen molar-refractivity contribution in [2.45, 2.75) is 30.0 Å². The number of rotatable bonds is 7. The van der Waals surface area contributed by atoms with Gasteiger partial charge < -0.3 is 16.4 Å². The van der Waals surface area contributed by atoms with E-state index in [-0.39, 0.29) is 11.2 Å². The van der Waals surface area contributed by atoms with Gasteiger partial charge in [0.1, 0.15) is 0 Å². The predicted octanol–water partition coefficient (Wildman–Crippen LogP) is 3.36. The molecule has 6 heteroatoms. The van der Waals surface area contributed by atoms with E-state index in [2.05, 4.69) is 10.6 Å². The summed E-state index contributed by atoms with van der Waals surface area (Å²) in [5, 5.41) is 5.33. The van der Waals surface area contributed by atoms with Crippen LogP contribution in [0.2, 0.25) is 0 Å². The third-order valence-corrected chi connectivity index (χ3v) is 4.72. The molecule has 0 unspecified atom stereocenters. The number of nitrogens with one attached hydrogen (secondary N) is 2. The third kappa shape index (κ3) is 5.62. The van der Waals surface area contributed by atoms with E-state index in [0.717, 1.165) is 16.9 Å². The largest absolute Gasteiger partial charge is 0.351 e. The fourth-order valence-corrected chi connectivity index (χ4v) is 3.19. The lowest BCUT2D eigenvalue weighted by atomic mass is 10.2. The van der Waals surface area contributed by atoms with E-state index >= 15 is 0 Å². The van der Waals surface area contributed by atoms with E-state index < -0.39 is 6.03 Å². The molecule has 2 rings (SSSR count). The third-order valence-electron chi connectivity index (χ3n) is 3.35. The molecule has 0 bridgehead atoms. The Bertz CT molecular complexity index is 692. The van der Waals surface area contributed by atoms with E-state index in [9.17, 15) is 9.59 Å². The second-order valence-electron chi connectivity index (χ2n) is 5.24. The molecule has 3 amide bonds. The molecular formula is C18H21N3O2S. The first-order valence-corrected chi connectivity index (χ1v) is 8.61. The predicted molar refractivity (Wildman–Crippen MR) is 97.9 cm³/mol. The zero-order valence-corrected chi connectivity index (χ0v) is 14.3. The van der Waals surface area contributed by atoms with Crippen molar-refractivity contribution in [1.82, 2.24) is 5.32 Å². The summed E-state index contributed by atoms with van der Waals surface area (Å²) in [6.07, 6.45) is 0.745. The first-order chi connectivity index (χ1) is 11.6. The molecule has 24 heavy (non-hydrogen) atoms. The van der Waals surface area contributed by atoms with Crippen LogP contribution in [0.4, 0.5) is 10.5 Å². The minimum Gasteiger partial charge on any atom is -0.351 e. The number of carbonyl (C=O) groups is 2. The van der Waals surface area contributed by atoms with E-state index in [1.165, 1.54) is 0 Å². The van der Waals surface area contributed by atoms with Gasteiger partial charge in [0.05, 0.1) is 5.25 Å². The lowest BCUT2D eigenvalue weighted by Crippen LogP contribution is -2.31. The van der Waals surface area contributed by atoms with Gasteiger partial charge in [-0.15, -0.1) is 11.8 Å². The quantitative estimate of drug-likeness (QED) is 0.674. The van der Waals surface area contributed by atoms with Crippen LogP contribution in [0.15, 0.2) is 59.5 Å². The number of hydrogen-bond acceptors (Lipinski definition) is 3. The van der Waals surface area contributed by atoms with Crippen molar-refractivity contribution in [2.24, 2.45) is 5.73 Å². The highest BCUT2D eigenvalue weighted by molar-refractivity contribution is 8.00. The molecule has 1 atom stereocenters. The highest BCUT2D eigenvalue weighted by Gasteiger charge is 2.17. The molecule has 0 fully saturated rings. The Morgan fingerprint density at radius 3 is 2.54 bits per heavy atom. The molecule has 2 aromatic carbocycles. The fraction of sp³-hybridized carbons (Fsp3) is 0.222. The summed E-state index contributed by atoms with van der Waals surface area (Å²) in [7, 11) is 0. The standard InChI is InChI=1S/C18H21N3O2S/c1-2-16(24-15-9-4-3-5-10-15)17(22)20-12-13-7-6-8-14(11-13)21-18(19)23/h3-11,16H,2,12H2,1H3,(H,20,22)(H3,19,21,23)/t16-/m0/s1. The van der Waals surface area contributed by atoms with Crippen LogP contribution in [0.1, 0.15) is 18.9 Å². The normalized spacial score (nSPS) is 11.5. The number of primary amides is 1.